The minimum atomic E-state index is -0.0854. The molecule has 2 aliphatic rings. The maximum Gasteiger partial charge on any atom is 0.231 e. The van der Waals surface area contributed by atoms with Gasteiger partial charge in [0.25, 0.3) is 0 Å². The van der Waals surface area contributed by atoms with Crippen LogP contribution in [0.15, 0.2) is 66.4 Å². The van der Waals surface area contributed by atoms with Crippen LogP contribution in [0.2, 0.25) is 0 Å². The number of benzene rings is 3. The fourth-order valence-electron chi connectivity index (χ4n) is 4.25. The van der Waals surface area contributed by atoms with E-state index >= 15 is 0 Å². The first-order valence-corrected chi connectivity index (χ1v) is 10.7. The molecule has 0 aromatic heterocycles. The van der Waals surface area contributed by atoms with Crippen molar-refractivity contribution in [2.75, 3.05) is 26.2 Å². The number of ketones is 1. The molecule has 1 fully saturated rings. The molecule has 2 heterocycles. The Labute approximate surface area is 176 Å². The molecular weight excluding hydrogens is 374 g/mol. The predicted octanol–water partition coefficient (Wildman–Crippen LogP) is 5.32. The van der Waals surface area contributed by atoms with Crippen molar-refractivity contribution in [3.8, 4) is 11.5 Å². The van der Waals surface area contributed by atoms with Crippen molar-refractivity contribution in [1.29, 1.82) is 0 Å². The standard InChI is InChI=1S/C26H25NO3/c28-26-23-12-11-21(29-16-15-27-13-4-1-5-14-27)18-24(23)30-25(26)17-20-9-6-8-19-7-2-3-10-22(19)20/h2-3,6-12,17-18H,1,4-5,13-16H2/b25-17-. The molecular formula is C26H25NO3. The maximum absolute atomic E-state index is 12.8. The SMILES string of the molecule is O=C1/C(=C/c2cccc3ccccc23)Oc2cc(OCCN3CCCCC3)ccc21. The third-order valence-electron chi connectivity index (χ3n) is 5.88. The maximum atomic E-state index is 12.8. The van der Waals surface area contributed by atoms with E-state index in [1.54, 1.807) is 6.07 Å². The van der Waals surface area contributed by atoms with Crippen LogP contribution in [0.1, 0.15) is 35.2 Å². The molecule has 0 aliphatic carbocycles. The van der Waals surface area contributed by atoms with E-state index in [1.807, 2.05) is 42.5 Å². The number of hydrogen-bond acceptors (Lipinski definition) is 4. The Morgan fingerprint density at radius 2 is 1.80 bits per heavy atom. The van der Waals surface area contributed by atoms with Gasteiger partial charge in [0, 0.05) is 12.6 Å². The van der Waals surface area contributed by atoms with Crippen molar-refractivity contribution >= 4 is 22.6 Å². The highest BCUT2D eigenvalue weighted by Crippen LogP contribution is 2.35. The van der Waals surface area contributed by atoms with Gasteiger partial charge in [-0.25, -0.2) is 0 Å². The number of Topliss-reactive ketones (excluding diaryl/α,β-unsaturated/α-hetero) is 1. The lowest BCUT2D eigenvalue weighted by Crippen LogP contribution is -2.33. The molecule has 3 aromatic rings. The van der Waals surface area contributed by atoms with Crippen LogP contribution in [0.4, 0.5) is 0 Å². The van der Waals surface area contributed by atoms with Gasteiger partial charge in [0.2, 0.25) is 5.78 Å². The van der Waals surface area contributed by atoms with Gasteiger partial charge in [0.1, 0.15) is 18.1 Å². The zero-order valence-corrected chi connectivity index (χ0v) is 17.0. The van der Waals surface area contributed by atoms with E-state index in [0.29, 0.717) is 23.7 Å². The average Bonchev–Trinajstić information content (AvgIpc) is 3.09. The molecule has 3 aromatic carbocycles. The Bertz CT molecular complexity index is 1110. The third kappa shape index (κ3) is 3.83. The summed E-state index contributed by atoms with van der Waals surface area (Å²) in [5, 5.41) is 2.24. The van der Waals surface area contributed by atoms with Crippen LogP contribution < -0.4 is 9.47 Å². The van der Waals surface area contributed by atoms with E-state index in [-0.39, 0.29) is 5.78 Å². The summed E-state index contributed by atoms with van der Waals surface area (Å²) in [5.41, 5.74) is 1.56. The van der Waals surface area contributed by atoms with E-state index in [2.05, 4.69) is 23.1 Å². The number of nitrogens with zero attached hydrogens (tertiary/aromatic N) is 1. The van der Waals surface area contributed by atoms with E-state index in [0.717, 1.165) is 41.7 Å². The topological polar surface area (TPSA) is 38.8 Å². The van der Waals surface area contributed by atoms with Crippen LogP contribution in [-0.2, 0) is 0 Å². The zero-order valence-electron chi connectivity index (χ0n) is 17.0. The Morgan fingerprint density at radius 1 is 0.967 bits per heavy atom. The number of hydrogen-bond donors (Lipinski definition) is 0. The van der Waals surface area contributed by atoms with Gasteiger partial charge in [-0.3, -0.25) is 9.69 Å². The highest BCUT2D eigenvalue weighted by Gasteiger charge is 2.28. The van der Waals surface area contributed by atoms with Crippen molar-refractivity contribution in [2.24, 2.45) is 0 Å². The van der Waals surface area contributed by atoms with Crippen LogP contribution in [0, 0.1) is 0 Å². The van der Waals surface area contributed by atoms with Gasteiger partial charge >= 0.3 is 0 Å². The molecule has 0 radical (unpaired) electrons. The van der Waals surface area contributed by atoms with Crippen molar-refractivity contribution in [3.63, 3.8) is 0 Å². The van der Waals surface area contributed by atoms with Crippen molar-refractivity contribution in [3.05, 3.63) is 77.5 Å². The second kappa shape index (κ2) is 8.33. The molecule has 0 unspecified atom stereocenters. The Kier molecular flexibility index (Phi) is 5.24. The van der Waals surface area contributed by atoms with Crippen molar-refractivity contribution in [2.45, 2.75) is 19.3 Å². The Morgan fingerprint density at radius 3 is 2.70 bits per heavy atom. The number of ether oxygens (including phenoxy) is 2. The highest BCUT2D eigenvalue weighted by molar-refractivity contribution is 6.15. The Balaban J connectivity index is 1.31. The number of allylic oxidation sites excluding steroid dienone is 1. The van der Waals surface area contributed by atoms with Gasteiger partial charge in [-0.1, -0.05) is 48.9 Å². The zero-order chi connectivity index (χ0) is 20.3. The second-order valence-corrected chi connectivity index (χ2v) is 7.92. The third-order valence-corrected chi connectivity index (χ3v) is 5.88. The molecule has 0 atom stereocenters. The molecule has 4 nitrogen and oxygen atoms in total. The largest absolute Gasteiger partial charge is 0.492 e. The summed E-state index contributed by atoms with van der Waals surface area (Å²) >= 11 is 0. The quantitative estimate of drug-likeness (QED) is 0.544. The minimum Gasteiger partial charge on any atom is -0.492 e. The van der Waals surface area contributed by atoms with Crippen LogP contribution in [0.25, 0.3) is 16.8 Å². The summed E-state index contributed by atoms with van der Waals surface area (Å²) in [7, 11) is 0. The van der Waals surface area contributed by atoms with Crippen molar-refractivity contribution in [1.82, 2.24) is 4.90 Å². The van der Waals surface area contributed by atoms with Crippen LogP contribution >= 0.6 is 0 Å². The van der Waals surface area contributed by atoms with E-state index in [9.17, 15) is 4.79 Å². The molecule has 1 saturated heterocycles. The van der Waals surface area contributed by atoms with E-state index in [4.69, 9.17) is 9.47 Å². The van der Waals surface area contributed by atoms with Gasteiger partial charge in [-0.05, 0) is 60.5 Å². The molecule has 0 spiro atoms. The molecule has 5 rings (SSSR count). The minimum absolute atomic E-state index is 0.0854. The fraction of sp³-hybridized carbons (Fsp3) is 0.269. The number of carbonyl (C=O) groups is 1. The highest BCUT2D eigenvalue weighted by atomic mass is 16.5. The fourth-order valence-corrected chi connectivity index (χ4v) is 4.25. The molecule has 0 amide bonds. The summed E-state index contributed by atoms with van der Waals surface area (Å²) in [6, 6.07) is 19.7. The second-order valence-electron chi connectivity index (χ2n) is 7.92. The number of likely N-dealkylation sites (tertiary alicyclic amines) is 1. The number of carbonyl (C=O) groups excluding carboxylic acids is 1. The monoisotopic (exact) mass is 399 g/mol. The molecule has 0 bridgehead atoms. The lowest BCUT2D eigenvalue weighted by molar-refractivity contribution is 0.101. The van der Waals surface area contributed by atoms with Gasteiger partial charge in [-0.15, -0.1) is 0 Å². The normalized spacial score (nSPS) is 17.9. The number of rotatable bonds is 5. The van der Waals surface area contributed by atoms with Crippen LogP contribution in [-0.4, -0.2) is 36.9 Å². The molecule has 152 valence electrons. The smallest absolute Gasteiger partial charge is 0.231 e. The van der Waals surface area contributed by atoms with Crippen molar-refractivity contribution < 1.29 is 14.3 Å². The molecule has 30 heavy (non-hydrogen) atoms. The summed E-state index contributed by atoms with van der Waals surface area (Å²) in [4.78, 5) is 15.3. The first kappa shape index (κ1) is 18.9. The van der Waals surface area contributed by atoms with Crippen LogP contribution in [0.5, 0.6) is 11.5 Å². The number of piperidine rings is 1. The lowest BCUT2D eigenvalue weighted by Gasteiger charge is -2.26. The van der Waals surface area contributed by atoms with Gasteiger partial charge in [-0.2, -0.15) is 0 Å². The van der Waals surface area contributed by atoms with E-state index in [1.165, 1.54) is 19.3 Å². The Hall–Kier alpha value is -3.11. The number of fused-ring (bicyclic) bond motifs is 2. The molecule has 0 N–H and O–H groups in total. The first-order chi connectivity index (χ1) is 14.8. The summed E-state index contributed by atoms with van der Waals surface area (Å²) < 4.78 is 11.9. The van der Waals surface area contributed by atoms with Gasteiger partial charge in [0.05, 0.1) is 5.56 Å². The first-order valence-electron chi connectivity index (χ1n) is 10.7. The summed E-state index contributed by atoms with van der Waals surface area (Å²) in [5.74, 6) is 1.58. The summed E-state index contributed by atoms with van der Waals surface area (Å²) in [6.45, 7) is 3.90. The van der Waals surface area contributed by atoms with Crippen LogP contribution in [0.3, 0.4) is 0 Å². The molecule has 0 saturated carbocycles. The van der Waals surface area contributed by atoms with Gasteiger partial charge < -0.3 is 9.47 Å². The summed E-state index contributed by atoms with van der Waals surface area (Å²) in [6.07, 6.45) is 5.73. The average molecular weight is 399 g/mol. The molecule has 2 aliphatic heterocycles. The lowest BCUT2D eigenvalue weighted by atomic mass is 10.0. The molecule has 4 heteroatoms. The van der Waals surface area contributed by atoms with Gasteiger partial charge in [0.15, 0.2) is 5.76 Å². The van der Waals surface area contributed by atoms with E-state index < -0.39 is 0 Å². The predicted molar refractivity (Wildman–Crippen MR) is 119 cm³/mol.